The van der Waals surface area contributed by atoms with Crippen molar-refractivity contribution in [3.63, 3.8) is 0 Å². The van der Waals surface area contributed by atoms with Crippen LogP contribution in [0.25, 0.3) is 5.69 Å². The van der Waals surface area contributed by atoms with Gasteiger partial charge in [-0.2, -0.15) is 0 Å². The van der Waals surface area contributed by atoms with Gasteiger partial charge in [0.15, 0.2) is 0 Å². The maximum atomic E-state index is 12.7. The number of sulfonamides is 1. The van der Waals surface area contributed by atoms with Gasteiger partial charge in [0.1, 0.15) is 5.82 Å². The SMILES string of the molecule is Cc1ccc(C(=O)NCc2ccc(-n3ccnc3C)cc2)cc1N1CCCCS1(=O)=O. The lowest BCUT2D eigenvalue weighted by molar-refractivity contribution is 0.0951. The van der Waals surface area contributed by atoms with Gasteiger partial charge < -0.3 is 9.88 Å². The summed E-state index contributed by atoms with van der Waals surface area (Å²) < 4.78 is 28.4. The van der Waals surface area contributed by atoms with E-state index in [4.69, 9.17) is 0 Å². The van der Waals surface area contributed by atoms with Crippen LogP contribution in [0.15, 0.2) is 54.9 Å². The number of rotatable bonds is 5. The molecule has 1 aliphatic rings. The van der Waals surface area contributed by atoms with Gasteiger partial charge in [-0.3, -0.25) is 9.10 Å². The van der Waals surface area contributed by atoms with Crippen molar-refractivity contribution in [2.24, 2.45) is 0 Å². The molecular formula is C23H26N4O3S. The van der Waals surface area contributed by atoms with Crippen molar-refractivity contribution in [1.82, 2.24) is 14.9 Å². The van der Waals surface area contributed by atoms with Crippen molar-refractivity contribution in [3.05, 3.63) is 77.4 Å². The third-order valence-corrected chi connectivity index (χ3v) is 7.44. The van der Waals surface area contributed by atoms with E-state index in [1.54, 1.807) is 24.4 Å². The van der Waals surface area contributed by atoms with Crippen LogP contribution in [-0.2, 0) is 16.6 Å². The second-order valence-electron chi connectivity index (χ2n) is 7.79. The van der Waals surface area contributed by atoms with Gasteiger partial charge in [0, 0.05) is 36.7 Å². The molecule has 2 aromatic carbocycles. The molecule has 31 heavy (non-hydrogen) atoms. The van der Waals surface area contributed by atoms with Crippen LogP contribution in [0.4, 0.5) is 5.69 Å². The summed E-state index contributed by atoms with van der Waals surface area (Å²) in [4.78, 5) is 17.0. The highest BCUT2D eigenvalue weighted by Crippen LogP contribution is 2.28. The Morgan fingerprint density at radius 1 is 1.10 bits per heavy atom. The van der Waals surface area contributed by atoms with E-state index in [0.717, 1.165) is 29.1 Å². The molecule has 162 valence electrons. The minimum atomic E-state index is -3.33. The summed E-state index contributed by atoms with van der Waals surface area (Å²) in [5.74, 6) is 0.828. The molecule has 8 heteroatoms. The minimum absolute atomic E-state index is 0.150. The molecular weight excluding hydrogens is 412 g/mol. The first-order valence-electron chi connectivity index (χ1n) is 10.3. The summed E-state index contributed by atoms with van der Waals surface area (Å²) in [5, 5.41) is 2.93. The van der Waals surface area contributed by atoms with E-state index in [2.05, 4.69) is 10.3 Å². The normalized spacial score (nSPS) is 15.6. The number of amides is 1. The van der Waals surface area contributed by atoms with Crippen molar-refractivity contribution in [2.75, 3.05) is 16.6 Å². The molecule has 1 aliphatic heterocycles. The van der Waals surface area contributed by atoms with Gasteiger partial charge in [0.2, 0.25) is 10.0 Å². The van der Waals surface area contributed by atoms with Crippen LogP contribution in [0.3, 0.4) is 0 Å². The number of anilines is 1. The van der Waals surface area contributed by atoms with E-state index in [0.29, 0.717) is 30.8 Å². The first kappa shape index (κ1) is 21.1. The van der Waals surface area contributed by atoms with Crippen LogP contribution >= 0.6 is 0 Å². The Hall–Kier alpha value is -3.13. The van der Waals surface area contributed by atoms with Crippen molar-refractivity contribution < 1.29 is 13.2 Å². The summed E-state index contributed by atoms with van der Waals surface area (Å²) in [6.45, 7) is 4.65. The summed E-state index contributed by atoms with van der Waals surface area (Å²) in [6.07, 6.45) is 5.17. The van der Waals surface area contributed by atoms with Crippen molar-refractivity contribution in [1.29, 1.82) is 0 Å². The number of carbonyl (C=O) groups is 1. The predicted molar refractivity (Wildman–Crippen MR) is 121 cm³/mol. The van der Waals surface area contributed by atoms with E-state index in [9.17, 15) is 13.2 Å². The van der Waals surface area contributed by atoms with E-state index >= 15 is 0 Å². The van der Waals surface area contributed by atoms with Crippen molar-refractivity contribution in [2.45, 2.75) is 33.2 Å². The van der Waals surface area contributed by atoms with Gasteiger partial charge in [-0.25, -0.2) is 13.4 Å². The zero-order chi connectivity index (χ0) is 22.0. The third-order valence-electron chi connectivity index (χ3n) is 5.58. The molecule has 2 heterocycles. The van der Waals surface area contributed by atoms with Gasteiger partial charge in [-0.15, -0.1) is 0 Å². The summed E-state index contributed by atoms with van der Waals surface area (Å²) in [6, 6.07) is 13.1. The monoisotopic (exact) mass is 438 g/mol. The van der Waals surface area contributed by atoms with Crippen LogP contribution in [0.2, 0.25) is 0 Å². The molecule has 4 rings (SSSR count). The Kier molecular flexibility index (Phi) is 5.82. The van der Waals surface area contributed by atoms with Gasteiger partial charge in [-0.1, -0.05) is 18.2 Å². The van der Waals surface area contributed by atoms with E-state index < -0.39 is 10.0 Å². The highest BCUT2D eigenvalue weighted by Gasteiger charge is 2.27. The zero-order valence-electron chi connectivity index (χ0n) is 17.7. The molecule has 1 N–H and O–H groups in total. The molecule has 0 bridgehead atoms. The number of aromatic nitrogens is 2. The Bertz CT molecular complexity index is 1200. The number of aryl methyl sites for hydroxylation is 2. The van der Waals surface area contributed by atoms with Crippen molar-refractivity contribution >= 4 is 21.6 Å². The molecule has 1 aromatic heterocycles. The molecule has 1 fully saturated rings. The van der Waals surface area contributed by atoms with Crippen LogP contribution in [0, 0.1) is 13.8 Å². The van der Waals surface area contributed by atoms with Crippen LogP contribution in [-0.4, -0.2) is 36.2 Å². The number of imidazole rings is 1. The number of nitrogens with zero attached hydrogens (tertiary/aromatic N) is 3. The molecule has 1 amide bonds. The number of benzene rings is 2. The highest BCUT2D eigenvalue weighted by atomic mass is 32.2. The molecule has 3 aromatic rings. The molecule has 0 unspecified atom stereocenters. The van der Waals surface area contributed by atoms with Crippen LogP contribution in [0.1, 0.15) is 40.2 Å². The molecule has 0 atom stereocenters. The topological polar surface area (TPSA) is 84.3 Å². The molecule has 0 spiro atoms. The summed E-state index contributed by atoms with van der Waals surface area (Å²) in [5.41, 5.74) is 3.86. The first-order chi connectivity index (χ1) is 14.8. The van der Waals surface area contributed by atoms with Gasteiger partial charge in [-0.05, 0) is 62.1 Å². The molecule has 1 saturated heterocycles. The lowest BCUT2D eigenvalue weighted by atomic mass is 10.1. The van der Waals surface area contributed by atoms with Gasteiger partial charge in [0.05, 0.1) is 11.4 Å². The summed E-state index contributed by atoms with van der Waals surface area (Å²) in [7, 11) is -3.33. The predicted octanol–water partition coefficient (Wildman–Crippen LogP) is 3.35. The van der Waals surface area contributed by atoms with Gasteiger partial charge >= 0.3 is 0 Å². The average molecular weight is 439 g/mol. The van der Waals surface area contributed by atoms with Crippen LogP contribution < -0.4 is 9.62 Å². The lowest BCUT2D eigenvalue weighted by Crippen LogP contribution is -2.38. The Morgan fingerprint density at radius 3 is 2.55 bits per heavy atom. The average Bonchev–Trinajstić information content (AvgIpc) is 3.18. The Morgan fingerprint density at radius 2 is 1.87 bits per heavy atom. The van der Waals surface area contributed by atoms with Crippen molar-refractivity contribution in [3.8, 4) is 5.69 Å². The first-order valence-corrected chi connectivity index (χ1v) is 11.9. The molecule has 0 saturated carbocycles. The highest BCUT2D eigenvalue weighted by molar-refractivity contribution is 7.92. The maximum absolute atomic E-state index is 12.7. The van der Waals surface area contributed by atoms with E-state index in [-0.39, 0.29) is 11.7 Å². The van der Waals surface area contributed by atoms with E-state index in [1.807, 2.05) is 48.9 Å². The molecule has 7 nitrogen and oxygen atoms in total. The number of hydrogen-bond acceptors (Lipinski definition) is 4. The standard InChI is InChI=1S/C23H26N4O3S/c1-17-5-8-20(15-22(17)27-12-3-4-14-31(27,29)30)23(28)25-16-19-6-9-21(10-7-19)26-13-11-24-18(26)2/h5-11,13,15H,3-4,12,14,16H2,1-2H3,(H,25,28). The van der Waals surface area contributed by atoms with Gasteiger partial charge in [0.25, 0.3) is 5.91 Å². The molecule has 0 aliphatic carbocycles. The summed E-state index contributed by atoms with van der Waals surface area (Å²) >= 11 is 0. The zero-order valence-corrected chi connectivity index (χ0v) is 18.5. The smallest absolute Gasteiger partial charge is 0.251 e. The lowest BCUT2D eigenvalue weighted by Gasteiger charge is -2.29. The second kappa shape index (κ2) is 8.55. The fraction of sp³-hybridized carbons (Fsp3) is 0.304. The third kappa shape index (κ3) is 4.49. The molecule has 0 radical (unpaired) electrons. The fourth-order valence-corrected chi connectivity index (χ4v) is 5.48. The Balaban J connectivity index is 1.46. The maximum Gasteiger partial charge on any atom is 0.251 e. The van der Waals surface area contributed by atoms with E-state index in [1.165, 1.54) is 4.31 Å². The Labute approximate surface area is 182 Å². The quantitative estimate of drug-likeness (QED) is 0.662. The number of carbonyl (C=O) groups excluding carboxylic acids is 1. The second-order valence-corrected chi connectivity index (χ2v) is 9.80. The van der Waals surface area contributed by atoms with Crippen LogP contribution in [0.5, 0.6) is 0 Å². The minimum Gasteiger partial charge on any atom is -0.348 e. The fourth-order valence-electron chi connectivity index (χ4n) is 3.79. The number of nitrogens with one attached hydrogen (secondary N) is 1. The number of hydrogen-bond donors (Lipinski definition) is 1. The largest absolute Gasteiger partial charge is 0.348 e.